The highest BCUT2D eigenvalue weighted by atomic mass is 19.1. The summed E-state index contributed by atoms with van der Waals surface area (Å²) in [5, 5.41) is 2.77. The van der Waals surface area contributed by atoms with Crippen molar-refractivity contribution in [2.24, 2.45) is 5.41 Å². The summed E-state index contributed by atoms with van der Waals surface area (Å²) in [7, 11) is 0. The molecule has 0 saturated carbocycles. The zero-order chi connectivity index (χ0) is 24.2. The van der Waals surface area contributed by atoms with E-state index in [1.165, 1.54) is 12.1 Å². The lowest BCUT2D eigenvalue weighted by atomic mass is 9.85. The highest BCUT2D eigenvalue weighted by molar-refractivity contribution is 5.83. The van der Waals surface area contributed by atoms with Gasteiger partial charge in [0.1, 0.15) is 11.6 Å². The Morgan fingerprint density at radius 3 is 2.67 bits per heavy atom. The molecule has 0 spiro atoms. The average molecular weight is 453 g/mol. The molecule has 0 aromatic heterocycles. The summed E-state index contributed by atoms with van der Waals surface area (Å²) in [6.07, 6.45) is 2.17. The van der Waals surface area contributed by atoms with Crippen LogP contribution in [-0.4, -0.2) is 35.9 Å². The van der Waals surface area contributed by atoms with E-state index in [4.69, 9.17) is 4.74 Å². The van der Waals surface area contributed by atoms with Gasteiger partial charge in [0, 0.05) is 18.5 Å². The summed E-state index contributed by atoms with van der Waals surface area (Å²) in [5.41, 5.74) is 2.11. The van der Waals surface area contributed by atoms with E-state index in [2.05, 4.69) is 11.9 Å². The van der Waals surface area contributed by atoms with Crippen molar-refractivity contribution >= 4 is 11.8 Å². The van der Waals surface area contributed by atoms with Crippen LogP contribution in [0, 0.1) is 11.2 Å². The van der Waals surface area contributed by atoms with Crippen LogP contribution in [0.1, 0.15) is 56.8 Å². The smallest absolute Gasteiger partial charge is 0.261 e. The van der Waals surface area contributed by atoms with E-state index in [0.717, 1.165) is 11.1 Å². The third kappa shape index (κ3) is 5.62. The maximum Gasteiger partial charge on any atom is 0.261 e. The van der Waals surface area contributed by atoms with Crippen LogP contribution in [0.25, 0.3) is 0 Å². The first-order valence-electron chi connectivity index (χ1n) is 11.4. The van der Waals surface area contributed by atoms with Gasteiger partial charge in [-0.1, -0.05) is 52.0 Å². The Hall–Kier alpha value is -3.15. The maximum absolute atomic E-state index is 14.2. The number of nitrogens with one attached hydrogen (secondary N) is 1. The summed E-state index contributed by atoms with van der Waals surface area (Å²) in [6, 6.07) is 11.7. The molecule has 0 aliphatic carbocycles. The van der Waals surface area contributed by atoms with Crippen LogP contribution < -0.4 is 10.1 Å². The van der Waals surface area contributed by atoms with E-state index in [9.17, 15) is 14.0 Å². The number of hydrogen-bond donors (Lipinski definition) is 1. The van der Waals surface area contributed by atoms with E-state index in [-0.39, 0.29) is 17.6 Å². The Labute approximate surface area is 195 Å². The molecule has 176 valence electrons. The molecule has 2 aromatic carbocycles. The number of fused-ring (bicyclic) bond motifs is 1. The Kier molecular flexibility index (Phi) is 7.57. The van der Waals surface area contributed by atoms with Gasteiger partial charge < -0.3 is 15.0 Å². The second-order valence-electron chi connectivity index (χ2n) is 9.37. The van der Waals surface area contributed by atoms with Crippen molar-refractivity contribution < 1.29 is 18.7 Å². The van der Waals surface area contributed by atoms with Crippen LogP contribution in [0.3, 0.4) is 0 Å². The van der Waals surface area contributed by atoms with Gasteiger partial charge in [-0.15, -0.1) is 6.58 Å². The van der Waals surface area contributed by atoms with Crippen molar-refractivity contribution in [3.8, 4) is 5.75 Å². The molecule has 5 nitrogen and oxygen atoms in total. The van der Waals surface area contributed by atoms with Gasteiger partial charge in [-0.2, -0.15) is 0 Å². The molecule has 1 heterocycles. The largest absolute Gasteiger partial charge is 0.481 e. The predicted octanol–water partition coefficient (Wildman–Crippen LogP) is 4.81. The summed E-state index contributed by atoms with van der Waals surface area (Å²) in [5.74, 6) is -0.00811. The minimum atomic E-state index is -0.647. The first kappa shape index (κ1) is 24.5. The van der Waals surface area contributed by atoms with Gasteiger partial charge in [0.15, 0.2) is 6.10 Å². The molecule has 0 fully saturated rings. The van der Waals surface area contributed by atoms with E-state index < -0.39 is 17.6 Å². The quantitative estimate of drug-likeness (QED) is 0.614. The van der Waals surface area contributed by atoms with Gasteiger partial charge in [-0.05, 0) is 53.8 Å². The third-order valence-corrected chi connectivity index (χ3v) is 5.77. The first-order valence-corrected chi connectivity index (χ1v) is 11.4. The average Bonchev–Trinajstić information content (AvgIpc) is 2.78. The fraction of sp³-hybridized carbons (Fsp3) is 0.407. The van der Waals surface area contributed by atoms with E-state index >= 15 is 0 Å². The molecule has 6 heteroatoms. The number of carbonyl (C=O) groups is 2. The number of nitrogens with zero attached hydrogens (tertiary/aromatic N) is 1. The van der Waals surface area contributed by atoms with Crippen molar-refractivity contribution in [3.63, 3.8) is 0 Å². The zero-order valence-corrected chi connectivity index (χ0v) is 19.9. The Bertz CT molecular complexity index is 1030. The summed E-state index contributed by atoms with van der Waals surface area (Å²) in [4.78, 5) is 27.6. The normalized spacial score (nSPS) is 16.5. The summed E-state index contributed by atoms with van der Waals surface area (Å²) in [6.45, 7) is 12.1. The molecule has 1 aliphatic rings. The third-order valence-electron chi connectivity index (χ3n) is 5.77. The van der Waals surface area contributed by atoms with Gasteiger partial charge in [0.25, 0.3) is 5.91 Å². The highest BCUT2D eigenvalue weighted by Crippen LogP contribution is 2.39. The van der Waals surface area contributed by atoms with Gasteiger partial charge >= 0.3 is 0 Å². The zero-order valence-electron chi connectivity index (χ0n) is 19.9. The van der Waals surface area contributed by atoms with E-state index in [1.54, 1.807) is 12.1 Å². The summed E-state index contributed by atoms with van der Waals surface area (Å²) >= 11 is 0. The van der Waals surface area contributed by atoms with Crippen molar-refractivity contribution in [3.05, 3.63) is 77.6 Å². The lowest BCUT2D eigenvalue weighted by molar-refractivity contribution is -0.141. The van der Waals surface area contributed by atoms with Crippen molar-refractivity contribution in [1.82, 2.24) is 10.2 Å². The van der Waals surface area contributed by atoms with E-state index in [1.807, 2.05) is 56.9 Å². The monoisotopic (exact) mass is 452 g/mol. The molecular formula is C27H33FN2O3. The second kappa shape index (κ2) is 10.2. The van der Waals surface area contributed by atoms with Crippen LogP contribution >= 0.6 is 0 Å². The first-order chi connectivity index (χ1) is 15.7. The fourth-order valence-corrected chi connectivity index (χ4v) is 4.13. The molecule has 0 saturated heterocycles. The van der Waals surface area contributed by atoms with Crippen LogP contribution in [0.2, 0.25) is 0 Å². The minimum absolute atomic E-state index is 0.00368. The van der Waals surface area contributed by atoms with Crippen LogP contribution in [0.4, 0.5) is 4.39 Å². The number of ether oxygens (including phenoxy) is 1. The Balaban J connectivity index is 2.02. The molecule has 2 amide bonds. The molecule has 2 atom stereocenters. The fourth-order valence-electron chi connectivity index (χ4n) is 4.13. The van der Waals surface area contributed by atoms with Gasteiger partial charge in [0.05, 0.1) is 6.04 Å². The van der Waals surface area contributed by atoms with Gasteiger partial charge in [-0.3, -0.25) is 9.59 Å². The van der Waals surface area contributed by atoms with Gasteiger partial charge in [0.2, 0.25) is 5.91 Å². The molecule has 1 aliphatic heterocycles. The van der Waals surface area contributed by atoms with Crippen LogP contribution in [0.15, 0.2) is 55.1 Å². The number of hydrogen-bond acceptors (Lipinski definition) is 3. The lowest BCUT2D eigenvalue weighted by Gasteiger charge is -2.41. The Morgan fingerprint density at radius 2 is 2.03 bits per heavy atom. The minimum Gasteiger partial charge on any atom is -0.481 e. The van der Waals surface area contributed by atoms with Crippen LogP contribution in [0.5, 0.6) is 5.75 Å². The molecule has 3 rings (SSSR count). The molecule has 0 unspecified atom stereocenters. The lowest BCUT2D eigenvalue weighted by Crippen LogP contribution is -2.45. The Morgan fingerprint density at radius 1 is 1.27 bits per heavy atom. The summed E-state index contributed by atoms with van der Waals surface area (Å²) < 4.78 is 20.2. The number of rotatable bonds is 7. The molecule has 33 heavy (non-hydrogen) atoms. The molecule has 0 radical (unpaired) electrons. The molecule has 2 aromatic rings. The standard InChI is InChI=1S/C27H33FN2O3/c1-6-14-29-25(31)23(7-2)33-21-12-11-18-13-15-30(26(32)27(3,4)5)24(22(18)17-21)19-9-8-10-20(28)16-19/h6,8-12,16-17,23-24H,1,7,13-15H2,2-5H3,(H,29,31)/t23-,24-/m1/s1. The number of benzene rings is 2. The number of halogens is 1. The molecule has 0 bridgehead atoms. The van der Waals surface area contributed by atoms with Crippen molar-refractivity contribution in [2.45, 2.75) is 52.7 Å². The van der Waals surface area contributed by atoms with Gasteiger partial charge in [-0.25, -0.2) is 4.39 Å². The number of amides is 2. The van der Waals surface area contributed by atoms with Crippen LogP contribution in [-0.2, 0) is 16.0 Å². The maximum atomic E-state index is 14.2. The SMILES string of the molecule is C=CCNC(=O)[C@@H](CC)Oc1ccc2c(c1)[C@@H](c1cccc(F)c1)N(C(=O)C(C)(C)C)CC2. The van der Waals surface area contributed by atoms with Crippen molar-refractivity contribution in [1.29, 1.82) is 0 Å². The van der Waals surface area contributed by atoms with E-state index in [0.29, 0.717) is 37.2 Å². The topological polar surface area (TPSA) is 58.6 Å². The molecule has 1 N–H and O–H groups in total. The predicted molar refractivity (Wildman–Crippen MR) is 127 cm³/mol. The van der Waals surface area contributed by atoms with Crippen molar-refractivity contribution in [2.75, 3.05) is 13.1 Å². The highest BCUT2D eigenvalue weighted by Gasteiger charge is 2.37. The molecular weight excluding hydrogens is 419 g/mol. The second-order valence-corrected chi connectivity index (χ2v) is 9.37. The number of carbonyl (C=O) groups excluding carboxylic acids is 2.